The SMILES string of the molecule is Cl.N[C@H](C(=O)N1CCC2(CCC(=O)N(Cc3ccccc3)C2)CC1)c1ccccc1. The van der Waals surface area contributed by atoms with Crippen molar-refractivity contribution in [3.05, 3.63) is 71.8 Å². The molecule has 30 heavy (non-hydrogen) atoms. The van der Waals surface area contributed by atoms with Crippen molar-refractivity contribution in [2.24, 2.45) is 11.1 Å². The van der Waals surface area contributed by atoms with Crippen LogP contribution in [-0.4, -0.2) is 41.2 Å². The topological polar surface area (TPSA) is 66.6 Å². The third-order valence-electron chi connectivity index (χ3n) is 6.52. The van der Waals surface area contributed by atoms with Crippen molar-refractivity contribution in [3.8, 4) is 0 Å². The number of hydrogen-bond acceptors (Lipinski definition) is 3. The van der Waals surface area contributed by atoms with E-state index >= 15 is 0 Å². The third-order valence-corrected chi connectivity index (χ3v) is 6.52. The number of piperidine rings is 2. The summed E-state index contributed by atoms with van der Waals surface area (Å²) in [6.45, 7) is 2.88. The van der Waals surface area contributed by atoms with Gasteiger partial charge >= 0.3 is 0 Å². The van der Waals surface area contributed by atoms with Crippen molar-refractivity contribution in [2.75, 3.05) is 19.6 Å². The number of nitrogens with two attached hydrogens (primary N) is 1. The van der Waals surface area contributed by atoms with Crippen LogP contribution in [0.3, 0.4) is 0 Å². The van der Waals surface area contributed by atoms with E-state index in [4.69, 9.17) is 5.73 Å². The van der Waals surface area contributed by atoms with Gasteiger partial charge in [-0.2, -0.15) is 0 Å². The summed E-state index contributed by atoms with van der Waals surface area (Å²) in [5, 5.41) is 0. The van der Waals surface area contributed by atoms with Crippen molar-refractivity contribution in [1.82, 2.24) is 9.80 Å². The molecule has 2 aromatic rings. The number of benzene rings is 2. The highest BCUT2D eigenvalue weighted by atomic mass is 35.5. The minimum atomic E-state index is -0.604. The number of hydrogen-bond donors (Lipinski definition) is 1. The number of rotatable bonds is 4. The Bertz CT molecular complexity index is 851. The molecule has 2 amide bonds. The van der Waals surface area contributed by atoms with Gasteiger partial charge in [0.25, 0.3) is 0 Å². The molecule has 2 aliphatic heterocycles. The van der Waals surface area contributed by atoms with Crippen LogP contribution in [0.5, 0.6) is 0 Å². The lowest BCUT2D eigenvalue weighted by atomic mass is 9.72. The first-order valence-electron chi connectivity index (χ1n) is 10.5. The van der Waals surface area contributed by atoms with Crippen molar-refractivity contribution in [2.45, 2.75) is 38.3 Å². The van der Waals surface area contributed by atoms with E-state index in [2.05, 4.69) is 12.1 Å². The summed E-state index contributed by atoms with van der Waals surface area (Å²) in [4.78, 5) is 29.3. The maximum absolute atomic E-state index is 12.9. The van der Waals surface area contributed by atoms with E-state index in [1.54, 1.807) is 0 Å². The molecule has 2 saturated heterocycles. The normalized spacial score (nSPS) is 19.3. The van der Waals surface area contributed by atoms with Gasteiger partial charge < -0.3 is 15.5 Å². The third kappa shape index (κ3) is 4.85. The van der Waals surface area contributed by atoms with E-state index in [-0.39, 0.29) is 29.6 Å². The van der Waals surface area contributed by atoms with Gasteiger partial charge in [-0.05, 0) is 35.8 Å². The summed E-state index contributed by atoms with van der Waals surface area (Å²) < 4.78 is 0. The minimum absolute atomic E-state index is 0. The number of halogens is 1. The Morgan fingerprint density at radius 2 is 1.57 bits per heavy atom. The monoisotopic (exact) mass is 427 g/mol. The van der Waals surface area contributed by atoms with Gasteiger partial charge in [-0.25, -0.2) is 0 Å². The highest BCUT2D eigenvalue weighted by molar-refractivity contribution is 5.85. The summed E-state index contributed by atoms with van der Waals surface area (Å²) in [5.41, 5.74) is 8.37. The van der Waals surface area contributed by atoms with Crippen LogP contribution in [-0.2, 0) is 16.1 Å². The molecular formula is C24H30ClN3O2. The van der Waals surface area contributed by atoms with Crippen LogP contribution in [0.15, 0.2) is 60.7 Å². The Kier molecular flexibility index (Phi) is 7.16. The van der Waals surface area contributed by atoms with Gasteiger partial charge in [0, 0.05) is 32.6 Å². The van der Waals surface area contributed by atoms with Gasteiger partial charge in [-0.1, -0.05) is 60.7 Å². The number of amides is 2. The number of likely N-dealkylation sites (tertiary alicyclic amines) is 2. The Morgan fingerprint density at radius 3 is 2.20 bits per heavy atom. The molecule has 1 atom stereocenters. The highest BCUT2D eigenvalue weighted by Gasteiger charge is 2.42. The first kappa shape index (κ1) is 22.3. The molecular weight excluding hydrogens is 398 g/mol. The van der Waals surface area contributed by atoms with Gasteiger partial charge in [0.2, 0.25) is 11.8 Å². The van der Waals surface area contributed by atoms with Crippen LogP contribution < -0.4 is 5.73 Å². The van der Waals surface area contributed by atoms with E-state index in [0.717, 1.165) is 31.4 Å². The van der Waals surface area contributed by atoms with Crippen LogP contribution in [0.25, 0.3) is 0 Å². The molecule has 2 fully saturated rings. The Labute approximate surface area is 184 Å². The highest BCUT2D eigenvalue weighted by Crippen LogP contribution is 2.41. The van der Waals surface area contributed by atoms with E-state index in [1.165, 1.54) is 5.56 Å². The first-order chi connectivity index (χ1) is 14.1. The fraction of sp³-hybridized carbons (Fsp3) is 0.417. The average Bonchev–Trinajstić information content (AvgIpc) is 2.77. The van der Waals surface area contributed by atoms with Crippen LogP contribution in [0.1, 0.15) is 42.9 Å². The molecule has 0 aliphatic carbocycles. The molecule has 2 N–H and O–H groups in total. The summed E-state index contributed by atoms with van der Waals surface area (Å²) in [6, 6.07) is 19.1. The second kappa shape index (κ2) is 9.63. The van der Waals surface area contributed by atoms with Crippen LogP contribution in [0.4, 0.5) is 0 Å². The van der Waals surface area contributed by atoms with Crippen molar-refractivity contribution in [3.63, 3.8) is 0 Å². The number of carbonyl (C=O) groups excluding carboxylic acids is 2. The average molecular weight is 428 g/mol. The van der Waals surface area contributed by atoms with Crippen LogP contribution in [0.2, 0.25) is 0 Å². The molecule has 1 spiro atoms. The molecule has 0 radical (unpaired) electrons. The minimum Gasteiger partial charge on any atom is -0.341 e. The Balaban J connectivity index is 0.00000256. The zero-order valence-corrected chi connectivity index (χ0v) is 18.0. The molecule has 4 rings (SSSR count). The fourth-order valence-electron chi connectivity index (χ4n) is 4.66. The molecule has 2 heterocycles. The molecule has 0 aromatic heterocycles. The zero-order valence-electron chi connectivity index (χ0n) is 17.2. The molecule has 0 unspecified atom stereocenters. The van der Waals surface area contributed by atoms with Gasteiger partial charge in [0.05, 0.1) is 0 Å². The molecule has 0 saturated carbocycles. The van der Waals surface area contributed by atoms with Crippen molar-refractivity contribution < 1.29 is 9.59 Å². The van der Waals surface area contributed by atoms with Gasteiger partial charge in [0.15, 0.2) is 0 Å². The lowest BCUT2D eigenvalue weighted by Crippen LogP contribution is -2.53. The quantitative estimate of drug-likeness (QED) is 0.811. The number of nitrogens with zero attached hydrogens (tertiary/aromatic N) is 2. The second-order valence-electron chi connectivity index (χ2n) is 8.45. The van der Waals surface area contributed by atoms with E-state index < -0.39 is 6.04 Å². The predicted octanol–water partition coefficient (Wildman–Crippen LogP) is 3.54. The molecule has 0 bridgehead atoms. The lowest BCUT2D eigenvalue weighted by molar-refractivity contribution is -0.143. The van der Waals surface area contributed by atoms with Crippen molar-refractivity contribution >= 4 is 24.2 Å². The summed E-state index contributed by atoms with van der Waals surface area (Å²) in [6.07, 6.45) is 3.38. The maximum atomic E-state index is 12.9. The largest absolute Gasteiger partial charge is 0.341 e. The van der Waals surface area contributed by atoms with Gasteiger partial charge in [0.1, 0.15) is 6.04 Å². The Hall–Kier alpha value is -2.37. The van der Waals surface area contributed by atoms with E-state index in [1.807, 2.05) is 58.3 Å². The number of carbonyl (C=O) groups is 2. The van der Waals surface area contributed by atoms with Gasteiger partial charge in [-0.15, -0.1) is 12.4 Å². The second-order valence-corrected chi connectivity index (χ2v) is 8.45. The molecule has 5 nitrogen and oxygen atoms in total. The summed E-state index contributed by atoms with van der Waals surface area (Å²) in [5.74, 6) is 0.239. The predicted molar refractivity (Wildman–Crippen MR) is 120 cm³/mol. The maximum Gasteiger partial charge on any atom is 0.244 e. The fourth-order valence-corrected chi connectivity index (χ4v) is 4.66. The van der Waals surface area contributed by atoms with Crippen LogP contribution >= 0.6 is 12.4 Å². The summed E-state index contributed by atoms with van der Waals surface area (Å²) in [7, 11) is 0. The van der Waals surface area contributed by atoms with Crippen LogP contribution in [0, 0.1) is 5.41 Å². The van der Waals surface area contributed by atoms with E-state index in [0.29, 0.717) is 26.1 Å². The smallest absolute Gasteiger partial charge is 0.244 e. The Morgan fingerprint density at radius 1 is 0.967 bits per heavy atom. The van der Waals surface area contributed by atoms with E-state index in [9.17, 15) is 9.59 Å². The van der Waals surface area contributed by atoms with Gasteiger partial charge in [-0.3, -0.25) is 9.59 Å². The standard InChI is InChI=1S/C24H29N3O2.ClH/c25-22(20-9-5-2-6-10-20)23(29)26-15-13-24(14-16-26)12-11-21(28)27(18-24)17-19-7-3-1-4-8-19;/h1-10,22H,11-18,25H2;1H/t22-;/m0./s1. The first-order valence-corrected chi connectivity index (χ1v) is 10.5. The molecule has 2 aromatic carbocycles. The zero-order chi connectivity index (χ0) is 20.3. The van der Waals surface area contributed by atoms with Crippen molar-refractivity contribution in [1.29, 1.82) is 0 Å². The molecule has 6 heteroatoms. The summed E-state index contributed by atoms with van der Waals surface area (Å²) >= 11 is 0. The molecule has 2 aliphatic rings. The molecule has 160 valence electrons. The lowest BCUT2D eigenvalue weighted by Gasteiger charge is -2.47.